The number of rotatable bonds is 6. The van der Waals surface area contributed by atoms with Gasteiger partial charge in [0, 0.05) is 17.1 Å². The number of hydrogen-bond acceptors (Lipinski definition) is 4. The van der Waals surface area contributed by atoms with Crippen molar-refractivity contribution >= 4 is 29.0 Å². The number of carbonyl (C=O) groups excluding carboxylic acids is 2. The van der Waals surface area contributed by atoms with Gasteiger partial charge in [0.2, 0.25) is 5.91 Å². The van der Waals surface area contributed by atoms with Crippen LogP contribution >= 0.6 is 11.3 Å². The third kappa shape index (κ3) is 5.53. The third-order valence-corrected chi connectivity index (χ3v) is 3.72. The lowest BCUT2D eigenvalue weighted by Crippen LogP contribution is -2.42. The largest absolute Gasteiger partial charge is 0.376 e. The van der Waals surface area contributed by atoms with Crippen LogP contribution in [0.5, 0.6) is 0 Å². The summed E-state index contributed by atoms with van der Waals surface area (Å²) in [5, 5.41) is 9.61. The van der Waals surface area contributed by atoms with Crippen molar-refractivity contribution in [3.63, 3.8) is 0 Å². The topological polar surface area (TPSA) is 70.2 Å². The zero-order valence-electron chi connectivity index (χ0n) is 11.8. The number of urea groups is 1. The molecule has 0 atom stereocenters. The van der Waals surface area contributed by atoms with Gasteiger partial charge in [-0.15, -0.1) is 11.3 Å². The molecule has 0 unspecified atom stereocenters. The molecule has 3 N–H and O–H groups in total. The summed E-state index contributed by atoms with van der Waals surface area (Å²) in [5.41, 5.74) is 0.606. The van der Waals surface area contributed by atoms with Gasteiger partial charge in [-0.2, -0.15) is 0 Å². The lowest BCUT2D eigenvalue weighted by atomic mass is 10.3. The van der Waals surface area contributed by atoms with Crippen molar-refractivity contribution in [1.82, 2.24) is 10.6 Å². The maximum absolute atomic E-state index is 12.7. The molecule has 0 fully saturated rings. The van der Waals surface area contributed by atoms with Crippen LogP contribution < -0.4 is 16.0 Å². The van der Waals surface area contributed by atoms with Crippen LogP contribution in [-0.4, -0.2) is 25.0 Å². The van der Waals surface area contributed by atoms with Gasteiger partial charge in [-0.3, -0.25) is 10.1 Å². The number of benzene rings is 1. The molecule has 5 nitrogen and oxygen atoms in total. The third-order valence-electron chi connectivity index (χ3n) is 2.79. The first-order valence-corrected chi connectivity index (χ1v) is 7.61. The Morgan fingerprint density at radius 1 is 1.14 bits per heavy atom. The zero-order valence-corrected chi connectivity index (χ0v) is 12.6. The highest BCUT2D eigenvalue weighted by molar-refractivity contribution is 7.09. The monoisotopic (exact) mass is 321 g/mol. The average Bonchev–Trinajstić information content (AvgIpc) is 3.00. The summed E-state index contributed by atoms with van der Waals surface area (Å²) < 4.78 is 12.7. The molecular formula is C15H16FN3O2S. The molecule has 0 saturated carbocycles. The maximum Gasteiger partial charge on any atom is 0.321 e. The second-order valence-corrected chi connectivity index (χ2v) is 5.53. The van der Waals surface area contributed by atoms with Crippen LogP contribution in [0.4, 0.5) is 14.9 Å². The Morgan fingerprint density at radius 3 is 2.59 bits per heavy atom. The van der Waals surface area contributed by atoms with E-state index in [2.05, 4.69) is 16.0 Å². The quantitative estimate of drug-likeness (QED) is 0.765. The molecular weight excluding hydrogens is 305 g/mol. The Labute approximate surface area is 131 Å². The summed E-state index contributed by atoms with van der Waals surface area (Å²) in [4.78, 5) is 24.3. The molecule has 3 amide bonds. The van der Waals surface area contributed by atoms with Crippen LogP contribution in [0.2, 0.25) is 0 Å². The highest BCUT2D eigenvalue weighted by Crippen LogP contribution is 2.08. The number of carbonyl (C=O) groups is 2. The zero-order chi connectivity index (χ0) is 15.8. The molecule has 116 valence electrons. The van der Waals surface area contributed by atoms with Gasteiger partial charge < -0.3 is 10.6 Å². The summed E-state index contributed by atoms with van der Waals surface area (Å²) in [6, 6.07) is 9.03. The molecule has 1 aromatic carbocycles. The number of thiophene rings is 1. The Bertz CT molecular complexity index is 614. The van der Waals surface area contributed by atoms with E-state index in [0.717, 1.165) is 6.42 Å². The van der Waals surface area contributed by atoms with E-state index in [1.807, 2.05) is 17.5 Å². The van der Waals surface area contributed by atoms with Gasteiger partial charge in [0.25, 0.3) is 0 Å². The van der Waals surface area contributed by atoms with Crippen LogP contribution in [-0.2, 0) is 11.2 Å². The van der Waals surface area contributed by atoms with Gasteiger partial charge in [0.1, 0.15) is 5.82 Å². The molecule has 1 aromatic heterocycles. The van der Waals surface area contributed by atoms with E-state index in [0.29, 0.717) is 12.2 Å². The summed E-state index contributed by atoms with van der Waals surface area (Å²) in [6.45, 7) is 0.398. The number of anilines is 1. The maximum atomic E-state index is 12.7. The molecule has 2 aromatic rings. The Hall–Kier alpha value is -2.41. The fourth-order valence-corrected chi connectivity index (χ4v) is 2.43. The first-order chi connectivity index (χ1) is 10.6. The molecule has 0 aliphatic heterocycles. The first-order valence-electron chi connectivity index (χ1n) is 6.73. The first kappa shape index (κ1) is 16.0. The van der Waals surface area contributed by atoms with Gasteiger partial charge in [-0.25, -0.2) is 9.18 Å². The van der Waals surface area contributed by atoms with Gasteiger partial charge >= 0.3 is 6.03 Å². The van der Waals surface area contributed by atoms with E-state index in [1.54, 1.807) is 11.3 Å². The highest BCUT2D eigenvalue weighted by Gasteiger charge is 2.07. The van der Waals surface area contributed by atoms with E-state index in [1.165, 1.54) is 29.1 Å². The molecule has 0 aliphatic carbocycles. The predicted octanol–water partition coefficient (Wildman–Crippen LogP) is 2.37. The fraction of sp³-hybridized carbons (Fsp3) is 0.200. The van der Waals surface area contributed by atoms with Crippen molar-refractivity contribution in [3.05, 3.63) is 52.5 Å². The average molecular weight is 321 g/mol. The molecule has 0 aliphatic rings. The molecule has 0 radical (unpaired) electrons. The Balaban J connectivity index is 1.63. The number of nitrogens with one attached hydrogen (secondary N) is 3. The van der Waals surface area contributed by atoms with Crippen LogP contribution in [0.3, 0.4) is 0 Å². The van der Waals surface area contributed by atoms with Crippen molar-refractivity contribution < 1.29 is 14.0 Å². The van der Waals surface area contributed by atoms with Crippen LogP contribution in [0.1, 0.15) is 4.88 Å². The number of imide groups is 1. The van der Waals surface area contributed by atoms with Crippen molar-refractivity contribution in [3.8, 4) is 0 Å². The molecule has 0 saturated heterocycles. The molecule has 2 rings (SSSR count). The minimum atomic E-state index is -0.525. The van der Waals surface area contributed by atoms with Crippen LogP contribution in [0, 0.1) is 5.82 Å². The van der Waals surface area contributed by atoms with Gasteiger partial charge in [0.15, 0.2) is 0 Å². The van der Waals surface area contributed by atoms with Crippen molar-refractivity contribution in [2.45, 2.75) is 6.42 Å². The van der Waals surface area contributed by atoms with Crippen molar-refractivity contribution in [1.29, 1.82) is 0 Å². The normalized spacial score (nSPS) is 10.0. The Morgan fingerprint density at radius 2 is 1.91 bits per heavy atom. The minimum Gasteiger partial charge on any atom is -0.376 e. The van der Waals surface area contributed by atoms with E-state index >= 15 is 0 Å². The molecule has 0 spiro atoms. The molecule has 7 heteroatoms. The molecule has 1 heterocycles. The van der Waals surface area contributed by atoms with Crippen LogP contribution in [0.15, 0.2) is 41.8 Å². The Kier molecular flexibility index (Phi) is 5.91. The van der Waals surface area contributed by atoms with Crippen LogP contribution in [0.25, 0.3) is 0 Å². The summed E-state index contributed by atoms with van der Waals surface area (Å²) in [6.07, 6.45) is 0.729. The fourth-order valence-electron chi connectivity index (χ4n) is 1.72. The van der Waals surface area contributed by atoms with Crippen molar-refractivity contribution in [2.75, 3.05) is 18.4 Å². The predicted molar refractivity (Wildman–Crippen MR) is 84.5 cm³/mol. The van der Waals surface area contributed by atoms with E-state index < -0.39 is 11.9 Å². The van der Waals surface area contributed by atoms with E-state index in [4.69, 9.17) is 0 Å². The number of amides is 3. The van der Waals surface area contributed by atoms with E-state index in [-0.39, 0.29) is 12.4 Å². The second-order valence-electron chi connectivity index (χ2n) is 4.49. The standard InChI is InChI=1S/C15H16FN3O2S/c16-11-3-5-12(6-4-11)18-10-14(20)19-15(21)17-8-7-13-2-1-9-22-13/h1-6,9,18H,7-8,10H2,(H2,17,19,20,21). The summed E-state index contributed by atoms with van der Waals surface area (Å²) in [7, 11) is 0. The molecule has 0 bridgehead atoms. The van der Waals surface area contributed by atoms with Gasteiger partial charge in [0.05, 0.1) is 6.54 Å². The number of halogens is 1. The summed E-state index contributed by atoms with van der Waals surface area (Å²) >= 11 is 1.62. The number of hydrogen-bond donors (Lipinski definition) is 3. The molecule has 22 heavy (non-hydrogen) atoms. The lowest BCUT2D eigenvalue weighted by Gasteiger charge is -2.08. The minimum absolute atomic E-state index is 0.0655. The highest BCUT2D eigenvalue weighted by atomic mass is 32.1. The second kappa shape index (κ2) is 8.14. The lowest BCUT2D eigenvalue weighted by molar-refractivity contribution is -0.118. The van der Waals surface area contributed by atoms with Gasteiger partial charge in [-0.05, 0) is 42.1 Å². The SMILES string of the molecule is O=C(CNc1ccc(F)cc1)NC(=O)NCCc1cccs1. The summed E-state index contributed by atoms with van der Waals surface area (Å²) in [5.74, 6) is -0.807. The van der Waals surface area contributed by atoms with Crippen molar-refractivity contribution in [2.24, 2.45) is 0 Å². The smallest absolute Gasteiger partial charge is 0.321 e. The van der Waals surface area contributed by atoms with E-state index in [9.17, 15) is 14.0 Å². The van der Waals surface area contributed by atoms with Gasteiger partial charge in [-0.1, -0.05) is 6.07 Å².